The van der Waals surface area contributed by atoms with E-state index in [4.69, 9.17) is 14.0 Å². The quantitative estimate of drug-likeness (QED) is 0.767. The Morgan fingerprint density at radius 2 is 2.12 bits per heavy atom. The molecule has 0 saturated carbocycles. The lowest BCUT2D eigenvalue weighted by Gasteiger charge is -2.26. The number of likely N-dealkylation sites (N-methyl/N-ethyl adjacent to an activating group) is 1. The van der Waals surface area contributed by atoms with Crippen LogP contribution in [-0.4, -0.2) is 55.0 Å². The third-order valence-corrected chi connectivity index (χ3v) is 4.54. The van der Waals surface area contributed by atoms with Crippen LogP contribution in [0.1, 0.15) is 38.0 Å². The van der Waals surface area contributed by atoms with E-state index in [0.29, 0.717) is 18.3 Å². The lowest BCUT2D eigenvalue weighted by atomic mass is 9.94. The van der Waals surface area contributed by atoms with E-state index in [0.717, 1.165) is 43.7 Å². The van der Waals surface area contributed by atoms with Crippen LogP contribution in [0.2, 0.25) is 0 Å². The number of ether oxygens (including phenoxy) is 2. The van der Waals surface area contributed by atoms with Crippen LogP contribution in [0.15, 0.2) is 28.8 Å². The largest absolute Gasteiger partial charge is 0.491 e. The summed E-state index contributed by atoms with van der Waals surface area (Å²) in [5.41, 5.74) is 0.871. The highest BCUT2D eigenvalue weighted by Gasteiger charge is 2.27. The second-order valence-electron chi connectivity index (χ2n) is 6.73. The van der Waals surface area contributed by atoms with Crippen LogP contribution in [-0.2, 0) is 4.74 Å². The molecule has 0 radical (unpaired) electrons. The van der Waals surface area contributed by atoms with Crippen LogP contribution < -0.4 is 4.74 Å². The Morgan fingerprint density at radius 3 is 2.92 bits per heavy atom. The van der Waals surface area contributed by atoms with Crippen LogP contribution in [0.3, 0.4) is 0 Å². The first kappa shape index (κ1) is 17.9. The molecule has 1 aliphatic rings. The minimum Gasteiger partial charge on any atom is -0.491 e. The number of aromatic nitrogens is 2. The number of hydrogen-bond acceptors (Lipinski definition) is 6. The molecule has 2 aromatic rings. The van der Waals surface area contributed by atoms with Gasteiger partial charge in [-0.15, -0.1) is 0 Å². The van der Waals surface area contributed by atoms with Crippen molar-refractivity contribution >= 4 is 0 Å². The zero-order chi connectivity index (χ0) is 17.6. The van der Waals surface area contributed by atoms with Crippen molar-refractivity contribution in [1.29, 1.82) is 0 Å². The first-order chi connectivity index (χ1) is 12.2. The van der Waals surface area contributed by atoms with Gasteiger partial charge < -0.3 is 18.9 Å². The molecule has 0 N–H and O–H groups in total. The maximum Gasteiger partial charge on any atom is 0.230 e. The van der Waals surface area contributed by atoms with Gasteiger partial charge in [-0.05, 0) is 45.5 Å². The molecule has 1 saturated heterocycles. The van der Waals surface area contributed by atoms with E-state index in [1.54, 1.807) is 0 Å². The molecule has 3 rings (SSSR count). The molecule has 0 amide bonds. The van der Waals surface area contributed by atoms with Gasteiger partial charge >= 0.3 is 0 Å². The number of benzene rings is 1. The van der Waals surface area contributed by atoms with Gasteiger partial charge in [-0.3, -0.25) is 0 Å². The Hall–Kier alpha value is -1.92. The van der Waals surface area contributed by atoms with Gasteiger partial charge in [0.25, 0.3) is 0 Å². The third kappa shape index (κ3) is 4.58. The van der Waals surface area contributed by atoms with Gasteiger partial charge in [0.2, 0.25) is 11.7 Å². The van der Waals surface area contributed by atoms with Crippen molar-refractivity contribution in [2.24, 2.45) is 0 Å². The maximum absolute atomic E-state index is 5.91. The number of rotatable bonds is 7. The topological polar surface area (TPSA) is 60.6 Å². The standard InChI is InChI=1S/C19H27N3O3/c1-4-15-13-14(9-11-23-15)19-20-18(21-25-19)16-7-5-6-8-17(16)24-12-10-22(2)3/h5-8,14-15H,4,9-13H2,1-3H3. The van der Waals surface area contributed by atoms with E-state index in [9.17, 15) is 0 Å². The minimum absolute atomic E-state index is 0.279. The van der Waals surface area contributed by atoms with Gasteiger partial charge in [0, 0.05) is 19.1 Å². The molecule has 25 heavy (non-hydrogen) atoms. The molecule has 136 valence electrons. The first-order valence-electron chi connectivity index (χ1n) is 8.99. The van der Waals surface area contributed by atoms with Gasteiger partial charge in [-0.25, -0.2) is 0 Å². The van der Waals surface area contributed by atoms with Crippen molar-refractivity contribution in [2.75, 3.05) is 33.9 Å². The maximum atomic E-state index is 5.91. The Labute approximate surface area is 149 Å². The molecule has 1 aliphatic heterocycles. The van der Waals surface area contributed by atoms with Crippen molar-refractivity contribution in [3.8, 4) is 17.1 Å². The fourth-order valence-electron chi connectivity index (χ4n) is 3.01. The van der Waals surface area contributed by atoms with Crippen molar-refractivity contribution < 1.29 is 14.0 Å². The minimum atomic E-state index is 0.279. The van der Waals surface area contributed by atoms with Gasteiger partial charge in [-0.2, -0.15) is 4.98 Å². The average Bonchev–Trinajstić information content (AvgIpc) is 3.12. The highest BCUT2D eigenvalue weighted by molar-refractivity contribution is 5.63. The summed E-state index contributed by atoms with van der Waals surface area (Å²) in [6.45, 7) is 4.37. The summed E-state index contributed by atoms with van der Waals surface area (Å²) in [4.78, 5) is 6.74. The molecule has 1 fully saturated rings. The molecule has 2 unspecified atom stereocenters. The Kier molecular flexibility index (Phi) is 6.04. The molecule has 0 bridgehead atoms. The second kappa shape index (κ2) is 8.45. The highest BCUT2D eigenvalue weighted by atomic mass is 16.5. The molecule has 2 atom stereocenters. The molecule has 6 nitrogen and oxygen atoms in total. The fraction of sp³-hybridized carbons (Fsp3) is 0.579. The lowest BCUT2D eigenvalue weighted by molar-refractivity contribution is 0.0000982. The normalized spacial score (nSPS) is 20.8. The van der Waals surface area contributed by atoms with Gasteiger partial charge in [0.05, 0.1) is 11.7 Å². The number of hydrogen-bond donors (Lipinski definition) is 0. The van der Waals surface area contributed by atoms with Crippen LogP contribution >= 0.6 is 0 Å². The van der Waals surface area contributed by atoms with Crippen molar-refractivity contribution in [3.05, 3.63) is 30.2 Å². The van der Waals surface area contributed by atoms with Crippen molar-refractivity contribution in [3.63, 3.8) is 0 Å². The zero-order valence-electron chi connectivity index (χ0n) is 15.3. The molecule has 6 heteroatoms. The smallest absolute Gasteiger partial charge is 0.230 e. The average molecular weight is 345 g/mol. The first-order valence-corrected chi connectivity index (χ1v) is 8.99. The van der Waals surface area contributed by atoms with Gasteiger partial charge in [0.1, 0.15) is 12.4 Å². The van der Waals surface area contributed by atoms with E-state index in [1.165, 1.54) is 0 Å². The summed E-state index contributed by atoms with van der Waals surface area (Å²) < 4.78 is 17.2. The molecule has 0 aliphatic carbocycles. The summed E-state index contributed by atoms with van der Waals surface area (Å²) in [5.74, 6) is 2.37. The van der Waals surface area contributed by atoms with Crippen LogP contribution in [0.25, 0.3) is 11.4 Å². The summed E-state index contributed by atoms with van der Waals surface area (Å²) >= 11 is 0. The van der Waals surface area contributed by atoms with E-state index in [1.807, 2.05) is 38.4 Å². The molecule has 1 aromatic heterocycles. The summed E-state index contributed by atoms with van der Waals surface area (Å²) in [6, 6.07) is 7.84. The summed E-state index contributed by atoms with van der Waals surface area (Å²) in [5, 5.41) is 4.20. The lowest BCUT2D eigenvalue weighted by Crippen LogP contribution is -2.24. The summed E-state index contributed by atoms with van der Waals surface area (Å²) in [7, 11) is 4.05. The Balaban J connectivity index is 1.73. The Bertz CT molecular complexity index is 671. The molecular formula is C19H27N3O3. The fourth-order valence-corrected chi connectivity index (χ4v) is 3.01. The monoisotopic (exact) mass is 345 g/mol. The SMILES string of the molecule is CCC1CC(c2nc(-c3ccccc3OCCN(C)C)no2)CCO1. The van der Waals surface area contributed by atoms with Crippen LogP contribution in [0, 0.1) is 0 Å². The van der Waals surface area contributed by atoms with E-state index >= 15 is 0 Å². The second-order valence-corrected chi connectivity index (χ2v) is 6.73. The third-order valence-electron chi connectivity index (χ3n) is 4.54. The zero-order valence-corrected chi connectivity index (χ0v) is 15.3. The predicted molar refractivity (Wildman–Crippen MR) is 95.8 cm³/mol. The van der Waals surface area contributed by atoms with E-state index < -0.39 is 0 Å². The van der Waals surface area contributed by atoms with Crippen LogP contribution in [0.4, 0.5) is 0 Å². The number of para-hydroxylation sites is 1. The molecule has 0 spiro atoms. The van der Waals surface area contributed by atoms with E-state index in [2.05, 4.69) is 22.0 Å². The summed E-state index contributed by atoms with van der Waals surface area (Å²) in [6.07, 6.45) is 3.17. The Morgan fingerprint density at radius 1 is 1.28 bits per heavy atom. The molecule has 1 aromatic carbocycles. The van der Waals surface area contributed by atoms with Crippen molar-refractivity contribution in [2.45, 2.75) is 38.2 Å². The van der Waals surface area contributed by atoms with Gasteiger partial charge in [-0.1, -0.05) is 24.2 Å². The molecular weight excluding hydrogens is 318 g/mol. The van der Waals surface area contributed by atoms with Gasteiger partial charge in [0.15, 0.2) is 0 Å². The van der Waals surface area contributed by atoms with Crippen molar-refractivity contribution in [1.82, 2.24) is 15.0 Å². The number of nitrogens with zero attached hydrogens (tertiary/aromatic N) is 3. The predicted octanol–water partition coefficient (Wildman–Crippen LogP) is 3.35. The molecule has 2 heterocycles. The van der Waals surface area contributed by atoms with Crippen LogP contribution in [0.5, 0.6) is 5.75 Å². The van der Waals surface area contributed by atoms with E-state index in [-0.39, 0.29) is 12.0 Å². The highest BCUT2D eigenvalue weighted by Crippen LogP contribution is 2.33.